The van der Waals surface area contributed by atoms with Gasteiger partial charge in [0.05, 0.1) is 12.2 Å². The van der Waals surface area contributed by atoms with Crippen molar-refractivity contribution in [1.82, 2.24) is 15.1 Å². The van der Waals surface area contributed by atoms with Crippen LogP contribution < -0.4 is 5.32 Å². The third-order valence-electron chi connectivity index (χ3n) is 4.13. The Morgan fingerprint density at radius 1 is 1.27 bits per heavy atom. The topological polar surface area (TPSA) is 67.2 Å². The first-order valence-electron chi connectivity index (χ1n) is 8.39. The molecule has 3 aromatic rings. The number of carbonyl (C=O) groups excluding carboxylic acids is 1. The van der Waals surface area contributed by atoms with Crippen molar-refractivity contribution in [2.45, 2.75) is 25.8 Å². The zero-order valence-corrected chi connectivity index (χ0v) is 14.4. The number of amides is 1. The maximum atomic E-state index is 13.8. The standard InChI is InChI=1S/C20H20FN3O2/c1-14(23-20(26)10-9-15-5-4-6-17(25)11-15)16-12-22-24(13-16)19-8-3-2-7-18(19)21/h2-8,11-14,25H,9-10H2,1H3,(H,23,26)/t14-/m0/s1. The summed E-state index contributed by atoms with van der Waals surface area (Å²) in [6.45, 7) is 1.86. The number of aryl methyl sites for hydroxylation is 1. The summed E-state index contributed by atoms with van der Waals surface area (Å²) in [6.07, 6.45) is 4.18. The first-order chi connectivity index (χ1) is 12.5. The lowest BCUT2D eigenvalue weighted by atomic mass is 10.1. The minimum absolute atomic E-state index is 0.0977. The van der Waals surface area contributed by atoms with Gasteiger partial charge in [0.25, 0.3) is 0 Å². The van der Waals surface area contributed by atoms with E-state index in [1.807, 2.05) is 13.0 Å². The summed E-state index contributed by atoms with van der Waals surface area (Å²) < 4.78 is 15.3. The first-order valence-corrected chi connectivity index (χ1v) is 8.39. The van der Waals surface area contributed by atoms with Crippen LogP contribution in [0.15, 0.2) is 60.9 Å². The molecule has 1 heterocycles. The summed E-state index contributed by atoms with van der Waals surface area (Å²) >= 11 is 0. The van der Waals surface area contributed by atoms with Gasteiger partial charge >= 0.3 is 0 Å². The van der Waals surface area contributed by atoms with Crippen LogP contribution in [-0.2, 0) is 11.2 Å². The lowest BCUT2D eigenvalue weighted by molar-refractivity contribution is -0.121. The van der Waals surface area contributed by atoms with Gasteiger partial charge in [0.2, 0.25) is 5.91 Å². The Morgan fingerprint density at radius 3 is 2.85 bits per heavy atom. The molecule has 3 rings (SSSR count). The Balaban J connectivity index is 1.59. The van der Waals surface area contributed by atoms with Crippen molar-refractivity contribution in [3.63, 3.8) is 0 Å². The number of carbonyl (C=O) groups is 1. The maximum absolute atomic E-state index is 13.8. The smallest absolute Gasteiger partial charge is 0.220 e. The van der Waals surface area contributed by atoms with Crippen LogP contribution in [0, 0.1) is 5.82 Å². The van der Waals surface area contributed by atoms with Crippen molar-refractivity contribution in [2.24, 2.45) is 0 Å². The predicted octanol–water partition coefficient (Wildman–Crippen LogP) is 3.53. The summed E-state index contributed by atoms with van der Waals surface area (Å²) in [6, 6.07) is 13.0. The molecule has 0 saturated heterocycles. The van der Waals surface area contributed by atoms with E-state index < -0.39 is 0 Å². The molecule has 0 aliphatic rings. The molecule has 2 aromatic carbocycles. The summed E-state index contributed by atoms with van der Waals surface area (Å²) in [5, 5.41) is 16.5. The molecule has 2 N–H and O–H groups in total. The highest BCUT2D eigenvalue weighted by Crippen LogP contribution is 2.17. The molecule has 0 saturated carbocycles. The molecule has 134 valence electrons. The maximum Gasteiger partial charge on any atom is 0.220 e. The molecule has 5 nitrogen and oxygen atoms in total. The average Bonchev–Trinajstić information content (AvgIpc) is 3.10. The molecule has 0 fully saturated rings. The van der Waals surface area contributed by atoms with E-state index >= 15 is 0 Å². The highest BCUT2D eigenvalue weighted by atomic mass is 19.1. The van der Waals surface area contributed by atoms with Gasteiger partial charge in [0.1, 0.15) is 17.3 Å². The molecule has 6 heteroatoms. The van der Waals surface area contributed by atoms with E-state index in [1.54, 1.807) is 48.8 Å². The van der Waals surface area contributed by atoms with Crippen molar-refractivity contribution in [3.05, 3.63) is 77.9 Å². The van der Waals surface area contributed by atoms with Crippen molar-refractivity contribution >= 4 is 5.91 Å². The van der Waals surface area contributed by atoms with E-state index in [0.717, 1.165) is 11.1 Å². The van der Waals surface area contributed by atoms with Gasteiger partial charge in [-0.15, -0.1) is 0 Å². The van der Waals surface area contributed by atoms with Crippen LogP contribution in [0.5, 0.6) is 5.75 Å². The zero-order valence-electron chi connectivity index (χ0n) is 14.4. The van der Waals surface area contributed by atoms with Crippen molar-refractivity contribution in [3.8, 4) is 11.4 Å². The normalized spacial score (nSPS) is 11.9. The summed E-state index contributed by atoms with van der Waals surface area (Å²) in [4.78, 5) is 12.2. The number of hydrogen-bond donors (Lipinski definition) is 2. The number of para-hydroxylation sites is 1. The second-order valence-corrected chi connectivity index (χ2v) is 6.13. The van der Waals surface area contributed by atoms with Crippen molar-refractivity contribution in [1.29, 1.82) is 0 Å². The van der Waals surface area contributed by atoms with Gasteiger partial charge in [0, 0.05) is 18.2 Å². The van der Waals surface area contributed by atoms with Gasteiger partial charge in [-0.1, -0.05) is 24.3 Å². The van der Waals surface area contributed by atoms with Gasteiger partial charge in [-0.2, -0.15) is 5.10 Å². The molecule has 0 spiro atoms. The third kappa shape index (κ3) is 4.27. The Labute approximate surface area is 151 Å². The van der Waals surface area contributed by atoms with E-state index in [4.69, 9.17) is 0 Å². The van der Waals surface area contributed by atoms with Gasteiger partial charge in [-0.3, -0.25) is 4.79 Å². The molecule has 0 radical (unpaired) electrons. The molecule has 1 aromatic heterocycles. The number of nitrogens with one attached hydrogen (secondary N) is 1. The quantitative estimate of drug-likeness (QED) is 0.712. The minimum atomic E-state index is -0.357. The average molecular weight is 353 g/mol. The van der Waals surface area contributed by atoms with Gasteiger partial charge in [0.15, 0.2) is 0 Å². The molecule has 0 bridgehead atoms. The second-order valence-electron chi connectivity index (χ2n) is 6.13. The molecular formula is C20H20FN3O2. The van der Waals surface area contributed by atoms with Gasteiger partial charge < -0.3 is 10.4 Å². The highest BCUT2D eigenvalue weighted by molar-refractivity contribution is 5.76. The molecule has 1 atom stereocenters. The van der Waals surface area contributed by atoms with Crippen LogP contribution in [0.3, 0.4) is 0 Å². The SMILES string of the molecule is C[C@H](NC(=O)CCc1cccc(O)c1)c1cnn(-c2ccccc2F)c1. The van der Waals surface area contributed by atoms with Crippen LogP contribution in [0.25, 0.3) is 5.69 Å². The van der Waals surface area contributed by atoms with E-state index in [9.17, 15) is 14.3 Å². The third-order valence-corrected chi connectivity index (χ3v) is 4.13. The lowest BCUT2D eigenvalue weighted by Gasteiger charge is -2.12. The monoisotopic (exact) mass is 353 g/mol. The number of hydrogen-bond acceptors (Lipinski definition) is 3. The second kappa shape index (κ2) is 7.82. The minimum Gasteiger partial charge on any atom is -0.508 e. The molecule has 0 aliphatic carbocycles. The fraction of sp³-hybridized carbons (Fsp3) is 0.200. The zero-order chi connectivity index (χ0) is 18.5. The Bertz CT molecular complexity index is 907. The number of rotatable bonds is 6. The van der Waals surface area contributed by atoms with Gasteiger partial charge in [-0.25, -0.2) is 9.07 Å². The number of aromatic nitrogens is 2. The molecule has 1 amide bonds. The van der Waals surface area contributed by atoms with Crippen LogP contribution in [0.2, 0.25) is 0 Å². The number of phenolic OH excluding ortho intramolecular Hbond substituents is 1. The molecule has 0 unspecified atom stereocenters. The predicted molar refractivity (Wildman–Crippen MR) is 96.5 cm³/mol. The summed E-state index contributed by atoms with van der Waals surface area (Å²) in [5.41, 5.74) is 2.06. The van der Waals surface area contributed by atoms with E-state index in [-0.39, 0.29) is 23.5 Å². The highest BCUT2D eigenvalue weighted by Gasteiger charge is 2.13. The molecule has 0 aliphatic heterocycles. The number of halogens is 1. The van der Waals surface area contributed by atoms with E-state index in [0.29, 0.717) is 18.5 Å². The lowest BCUT2D eigenvalue weighted by Crippen LogP contribution is -2.26. The Hall–Kier alpha value is -3.15. The van der Waals surface area contributed by atoms with Crippen LogP contribution in [0.4, 0.5) is 4.39 Å². The Morgan fingerprint density at radius 2 is 2.08 bits per heavy atom. The van der Waals surface area contributed by atoms with Gasteiger partial charge in [-0.05, 0) is 43.2 Å². The van der Waals surface area contributed by atoms with Crippen LogP contribution >= 0.6 is 0 Å². The van der Waals surface area contributed by atoms with Crippen LogP contribution in [-0.4, -0.2) is 20.8 Å². The van der Waals surface area contributed by atoms with E-state index in [2.05, 4.69) is 10.4 Å². The summed E-state index contributed by atoms with van der Waals surface area (Å²) in [5.74, 6) is -0.263. The largest absolute Gasteiger partial charge is 0.508 e. The number of phenols is 1. The Kier molecular flexibility index (Phi) is 5.31. The summed E-state index contributed by atoms with van der Waals surface area (Å²) in [7, 11) is 0. The number of benzene rings is 2. The first kappa shape index (κ1) is 17.7. The van der Waals surface area contributed by atoms with E-state index in [1.165, 1.54) is 10.7 Å². The van der Waals surface area contributed by atoms with Crippen molar-refractivity contribution in [2.75, 3.05) is 0 Å². The molecule has 26 heavy (non-hydrogen) atoms. The fourth-order valence-corrected chi connectivity index (χ4v) is 2.70. The fourth-order valence-electron chi connectivity index (χ4n) is 2.70. The number of nitrogens with zero attached hydrogens (tertiary/aromatic N) is 2. The number of aromatic hydroxyl groups is 1. The van der Waals surface area contributed by atoms with Crippen LogP contribution in [0.1, 0.15) is 30.5 Å². The molecular weight excluding hydrogens is 333 g/mol. The van der Waals surface area contributed by atoms with Crippen molar-refractivity contribution < 1.29 is 14.3 Å².